The number of hydrogen-bond acceptors (Lipinski definition) is 20. The molecule has 0 saturated carbocycles. The van der Waals surface area contributed by atoms with Gasteiger partial charge in [-0.05, 0) is 44.9 Å². The summed E-state index contributed by atoms with van der Waals surface area (Å²) in [5, 5.41) is 136. The van der Waals surface area contributed by atoms with E-state index in [0.717, 1.165) is 64.7 Å². The topological polar surface area (TPSA) is 373 Å². The summed E-state index contributed by atoms with van der Waals surface area (Å²) in [6, 6.07) is -2.53. The van der Waals surface area contributed by atoms with E-state index >= 15 is 0 Å². The summed E-state index contributed by atoms with van der Waals surface area (Å²) < 4.78 is 34.9. The first-order chi connectivity index (χ1) is 48.4. The number of carbonyl (C=O) groups excluding carboxylic acids is 2. The van der Waals surface area contributed by atoms with Gasteiger partial charge < -0.3 is 100 Å². The third kappa shape index (κ3) is 37.0. The van der Waals surface area contributed by atoms with Crippen molar-refractivity contribution in [2.24, 2.45) is 0 Å². The number of hydrogen-bond donors (Lipinski definition) is 14. The van der Waals surface area contributed by atoms with Gasteiger partial charge in [-0.1, -0.05) is 269 Å². The number of aliphatic carboxylic acids is 1. The van der Waals surface area contributed by atoms with Crippen LogP contribution in [0, 0.1) is 0 Å². The molecule has 3 fully saturated rings. The predicted molar refractivity (Wildman–Crippen MR) is 385 cm³/mol. The molecule has 3 aliphatic heterocycles. The van der Waals surface area contributed by atoms with Crippen LogP contribution in [0.3, 0.4) is 0 Å². The lowest BCUT2D eigenvalue weighted by molar-refractivity contribution is -0.386. The van der Waals surface area contributed by atoms with Crippen molar-refractivity contribution in [1.29, 1.82) is 0 Å². The second-order valence-corrected chi connectivity index (χ2v) is 28.9. The van der Waals surface area contributed by atoms with Gasteiger partial charge in [0.2, 0.25) is 11.8 Å². The first-order valence-corrected chi connectivity index (χ1v) is 39.7. The Morgan fingerprint density at radius 2 is 0.960 bits per heavy atom. The van der Waals surface area contributed by atoms with Gasteiger partial charge in [-0.2, -0.15) is 0 Å². The maximum atomic E-state index is 13.5. The number of aliphatic hydroxyl groups is 11. The number of amides is 2. The van der Waals surface area contributed by atoms with E-state index in [4.69, 9.17) is 28.4 Å². The van der Waals surface area contributed by atoms with Gasteiger partial charge in [0.1, 0.15) is 67.1 Å². The molecule has 23 heteroatoms. The van der Waals surface area contributed by atoms with E-state index in [2.05, 4.69) is 48.8 Å². The standard InChI is InChI=1S/C77H142N2O21/c1-4-6-8-10-12-14-16-18-19-20-21-22-23-24-25-26-27-28-29-30-31-32-33-34-35-36-37-39-41-43-45-47-49-51-64(87)79-58(59(84)50-48-46-44-42-40-38-17-15-13-11-9-7-5-2)56-95-74-69(91)68(90)71(63(55-82)97-74)98-75-70(92)73(67(89)62(54-81)96-75)100-77(76(93)94)52-60(85)65(78-57(3)83)72(99-77)66(88)61(86)53-80/h21-22,24-25,58-63,65-75,80-82,84-86,88-92H,4-20,23,26-56H2,1-3H3,(H,78,83)(H,79,87)(H,93,94)/b22-21-,25-24-. The average molecular weight is 1430 g/mol. The van der Waals surface area contributed by atoms with Crippen molar-refractivity contribution in [2.75, 3.05) is 26.4 Å². The fraction of sp³-hybridized carbons (Fsp3) is 0.909. The molecule has 14 N–H and O–H groups in total. The third-order valence-electron chi connectivity index (χ3n) is 20.2. The van der Waals surface area contributed by atoms with Crippen LogP contribution >= 0.6 is 0 Å². The summed E-state index contributed by atoms with van der Waals surface area (Å²) in [5.74, 6) is -6.10. The number of nitrogens with one attached hydrogen (secondary N) is 2. The highest BCUT2D eigenvalue weighted by molar-refractivity contribution is 5.77. The first kappa shape index (κ1) is 91.4. The Hall–Kier alpha value is -2.79. The van der Waals surface area contributed by atoms with Gasteiger partial charge in [-0.25, -0.2) is 4.79 Å². The lowest BCUT2D eigenvalue weighted by Gasteiger charge is -2.50. The van der Waals surface area contributed by atoms with E-state index < -0.39 is 148 Å². The molecule has 3 heterocycles. The zero-order valence-corrected chi connectivity index (χ0v) is 61.8. The molecule has 0 aromatic carbocycles. The van der Waals surface area contributed by atoms with Gasteiger partial charge in [-0.3, -0.25) is 9.59 Å². The summed E-state index contributed by atoms with van der Waals surface area (Å²) in [6.45, 7) is 2.22. The summed E-state index contributed by atoms with van der Waals surface area (Å²) in [5.41, 5.74) is 0. The smallest absolute Gasteiger partial charge is 0.364 e. The second kappa shape index (κ2) is 56.5. The number of rotatable bonds is 62. The molecule has 18 unspecified atom stereocenters. The monoisotopic (exact) mass is 1430 g/mol. The summed E-state index contributed by atoms with van der Waals surface area (Å²) in [6.07, 6.45) is 32.0. The molecule has 2 amide bonds. The number of aliphatic hydroxyl groups excluding tert-OH is 11. The fourth-order valence-corrected chi connectivity index (χ4v) is 13.9. The van der Waals surface area contributed by atoms with Gasteiger partial charge >= 0.3 is 5.97 Å². The van der Waals surface area contributed by atoms with Gasteiger partial charge in [0, 0.05) is 19.8 Å². The van der Waals surface area contributed by atoms with Gasteiger partial charge in [0.25, 0.3) is 5.79 Å². The molecule has 586 valence electrons. The van der Waals surface area contributed by atoms with E-state index in [0.29, 0.717) is 19.3 Å². The van der Waals surface area contributed by atoms with E-state index in [1.165, 1.54) is 199 Å². The maximum absolute atomic E-state index is 13.5. The van der Waals surface area contributed by atoms with Crippen molar-refractivity contribution in [2.45, 2.75) is 420 Å². The van der Waals surface area contributed by atoms with Crippen LogP contribution in [-0.2, 0) is 42.8 Å². The molecule has 0 spiro atoms. The highest BCUT2D eigenvalue weighted by Crippen LogP contribution is 2.39. The summed E-state index contributed by atoms with van der Waals surface area (Å²) in [4.78, 5) is 38.6. The van der Waals surface area contributed by atoms with Crippen molar-refractivity contribution < 1.29 is 104 Å². The lowest BCUT2D eigenvalue weighted by Crippen LogP contribution is -2.70. The molecule has 0 radical (unpaired) electrons. The molecular formula is C77H142N2O21. The van der Waals surface area contributed by atoms with Crippen LogP contribution in [-0.4, -0.2) is 215 Å². The summed E-state index contributed by atoms with van der Waals surface area (Å²) >= 11 is 0. The molecule has 18 atom stereocenters. The number of allylic oxidation sites excluding steroid dienone is 4. The Balaban J connectivity index is 1.45. The van der Waals surface area contributed by atoms with Crippen molar-refractivity contribution in [1.82, 2.24) is 10.6 Å². The maximum Gasteiger partial charge on any atom is 0.364 e. The van der Waals surface area contributed by atoms with Crippen LogP contribution in [0.1, 0.15) is 310 Å². The second-order valence-electron chi connectivity index (χ2n) is 28.9. The minimum absolute atomic E-state index is 0.225. The van der Waals surface area contributed by atoms with Crippen molar-refractivity contribution in [3.05, 3.63) is 24.3 Å². The Labute approximate surface area is 600 Å². The Morgan fingerprint density at radius 3 is 1.40 bits per heavy atom. The van der Waals surface area contributed by atoms with Crippen molar-refractivity contribution in [3.63, 3.8) is 0 Å². The molecule has 3 rings (SSSR count). The van der Waals surface area contributed by atoms with Crippen molar-refractivity contribution >= 4 is 17.8 Å². The quantitative estimate of drug-likeness (QED) is 0.0199. The molecule has 0 aromatic heterocycles. The van der Waals surface area contributed by atoms with Crippen LogP contribution in [0.25, 0.3) is 0 Å². The predicted octanol–water partition coefficient (Wildman–Crippen LogP) is 9.96. The highest BCUT2D eigenvalue weighted by atomic mass is 16.8. The molecule has 0 aliphatic carbocycles. The number of carbonyl (C=O) groups is 3. The molecule has 0 aromatic rings. The normalized spacial score (nSPS) is 27.0. The van der Waals surface area contributed by atoms with Crippen LogP contribution in [0.5, 0.6) is 0 Å². The van der Waals surface area contributed by atoms with E-state index in [9.17, 15) is 75.7 Å². The van der Waals surface area contributed by atoms with E-state index in [-0.39, 0.29) is 18.9 Å². The highest BCUT2D eigenvalue weighted by Gasteiger charge is 2.60. The summed E-state index contributed by atoms with van der Waals surface area (Å²) in [7, 11) is 0. The number of ether oxygens (including phenoxy) is 6. The van der Waals surface area contributed by atoms with Crippen molar-refractivity contribution in [3.8, 4) is 0 Å². The Morgan fingerprint density at radius 1 is 0.520 bits per heavy atom. The number of carboxylic acid groups (broad SMARTS) is 1. The Kier molecular flexibility index (Phi) is 51.7. The zero-order valence-electron chi connectivity index (χ0n) is 61.8. The van der Waals surface area contributed by atoms with Gasteiger partial charge in [0.05, 0.1) is 50.7 Å². The van der Waals surface area contributed by atoms with E-state index in [1.54, 1.807) is 0 Å². The SMILES string of the molecule is CCCCCCCCCCC/C=C\C/C=C\CCCCCCCCCCCCCCCCCCCC(=O)NC(COC1OC(CO)C(OC2OC(CO)C(O)C(OC3(C(=O)O)CC(O)C(NC(C)=O)C(C(O)C(O)CO)O3)C2O)C(O)C1O)C(O)CCCCCCCCCCCCCCC. The first-order valence-electron chi connectivity index (χ1n) is 39.7. The minimum Gasteiger partial charge on any atom is -0.477 e. The van der Waals surface area contributed by atoms with Crippen LogP contribution in [0.15, 0.2) is 24.3 Å². The zero-order chi connectivity index (χ0) is 73.2. The molecular weight excluding hydrogens is 1290 g/mol. The fourth-order valence-electron chi connectivity index (χ4n) is 13.9. The lowest BCUT2D eigenvalue weighted by atomic mass is 9.88. The van der Waals surface area contributed by atoms with Crippen LogP contribution in [0.2, 0.25) is 0 Å². The number of carboxylic acids is 1. The van der Waals surface area contributed by atoms with Gasteiger partial charge in [-0.15, -0.1) is 0 Å². The molecule has 0 bridgehead atoms. The largest absolute Gasteiger partial charge is 0.477 e. The average Bonchev–Trinajstić information content (AvgIpc) is 0.756. The number of unbranched alkanes of at least 4 members (excludes halogenated alkanes) is 38. The van der Waals surface area contributed by atoms with Crippen LogP contribution in [0.4, 0.5) is 0 Å². The third-order valence-corrected chi connectivity index (χ3v) is 20.2. The molecule has 3 saturated heterocycles. The molecule has 23 nitrogen and oxygen atoms in total. The molecule has 3 aliphatic rings. The van der Waals surface area contributed by atoms with E-state index in [1.807, 2.05) is 0 Å². The van der Waals surface area contributed by atoms with Gasteiger partial charge in [0.15, 0.2) is 12.6 Å². The molecule has 100 heavy (non-hydrogen) atoms. The van der Waals surface area contributed by atoms with Crippen LogP contribution < -0.4 is 10.6 Å². The minimum atomic E-state index is -3.08. The Bertz CT molecular complexity index is 2100.